The first-order chi connectivity index (χ1) is 8.94. The molecule has 0 aliphatic heterocycles. The van der Waals surface area contributed by atoms with Crippen LogP contribution in [0, 0.1) is 11.8 Å². The van der Waals surface area contributed by atoms with Crippen LogP contribution in [0.2, 0.25) is 5.15 Å². The van der Waals surface area contributed by atoms with E-state index in [4.69, 9.17) is 16.3 Å². The maximum Gasteiger partial charge on any atom is 0.218 e. The molecule has 1 saturated carbocycles. The van der Waals surface area contributed by atoms with E-state index >= 15 is 0 Å². The van der Waals surface area contributed by atoms with Crippen LogP contribution in [0.1, 0.15) is 58.7 Å². The molecule has 0 radical (unpaired) electrons. The van der Waals surface area contributed by atoms with Crippen LogP contribution < -0.4 is 4.74 Å². The molecule has 0 bridgehead atoms. The smallest absolute Gasteiger partial charge is 0.218 e. The lowest BCUT2D eigenvalue weighted by Crippen LogP contribution is -2.28. The second kappa shape index (κ2) is 6.08. The zero-order valence-electron chi connectivity index (χ0n) is 12.2. The van der Waals surface area contributed by atoms with E-state index in [2.05, 4.69) is 37.7 Å². The topological polar surface area (TPSA) is 35.0 Å². The molecule has 1 fully saturated rings. The van der Waals surface area contributed by atoms with Gasteiger partial charge in [0.05, 0.1) is 0 Å². The summed E-state index contributed by atoms with van der Waals surface area (Å²) in [6.45, 7) is 8.69. The minimum absolute atomic E-state index is 0.254. The van der Waals surface area contributed by atoms with Gasteiger partial charge in [0.2, 0.25) is 5.88 Å². The summed E-state index contributed by atoms with van der Waals surface area (Å²) in [4.78, 5) is 8.69. The minimum Gasteiger partial charge on any atom is -0.474 e. The third-order valence-electron chi connectivity index (χ3n) is 3.63. The minimum atomic E-state index is 0.254. The highest BCUT2D eigenvalue weighted by atomic mass is 35.5. The lowest BCUT2D eigenvalue weighted by Gasteiger charge is -2.31. The molecule has 1 aliphatic carbocycles. The second-order valence-electron chi connectivity index (χ2n) is 6.20. The normalized spacial score (nSPS) is 27.6. The van der Waals surface area contributed by atoms with Crippen molar-refractivity contribution < 1.29 is 4.74 Å². The SMILES string of the molecule is CC1CC(C)CC(Oc2cc(Cl)nc(C(C)C)n2)C1. The fourth-order valence-corrected chi connectivity index (χ4v) is 3.05. The molecule has 2 rings (SSSR count). The summed E-state index contributed by atoms with van der Waals surface area (Å²) in [5, 5.41) is 0.464. The van der Waals surface area contributed by atoms with Crippen LogP contribution in [-0.2, 0) is 0 Å². The van der Waals surface area contributed by atoms with Gasteiger partial charge in [0.25, 0.3) is 0 Å². The van der Waals surface area contributed by atoms with E-state index in [0.717, 1.165) is 30.5 Å². The van der Waals surface area contributed by atoms with E-state index in [0.29, 0.717) is 11.0 Å². The predicted octanol–water partition coefficient (Wildman–Crippen LogP) is 4.46. The first-order valence-corrected chi connectivity index (χ1v) is 7.53. The summed E-state index contributed by atoms with van der Waals surface area (Å²) in [6, 6.07) is 1.72. The molecule has 0 amide bonds. The second-order valence-corrected chi connectivity index (χ2v) is 6.59. The van der Waals surface area contributed by atoms with Crippen LogP contribution in [0.5, 0.6) is 5.88 Å². The third kappa shape index (κ3) is 4.07. The van der Waals surface area contributed by atoms with Crippen molar-refractivity contribution in [1.82, 2.24) is 9.97 Å². The van der Waals surface area contributed by atoms with Crippen molar-refractivity contribution in [2.24, 2.45) is 11.8 Å². The zero-order valence-corrected chi connectivity index (χ0v) is 12.9. The van der Waals surface area contributed by atoms with E-state index < -0.39 is 0 Å². The number of hydrogen-bond acceptors (Lipinski definition) is 3. The Morgan fingerprint density at radius 3 is 2.37 bits per heavy atom. The van der Waals surface area contributed by atoms with Crippen molar-refractivity contribution in [2.45, 2.75) is 59.0 Å². The fraction of sp³-hybridized carbons (Fsp3) is 0.733. The van der Waals surface area contributed by atoms with E-state index in [1.165, 1.54) is 6.42 Å². The first-order valence-electron chi connectivity index (χ1n) is 7.15. The summed E-state index contributed by atoms with van der Waals surface area (Å²) in [7, 11) is 0. The Balaban J connectivity index is 2.10. The third-order valence-corrected chi connectivity index (χ3v) is 3.82. The quantitative estimate of drug-likeness (QED) is 0.768. The average Bonchev–Trinajstić information content (AvgIpc) is 2.26. The number of aromatic nitrogens is 2. The number of halogens is 1. The highest BCUT2D eigenvalue weighted by Gasteiger charge is 2.25. The van der Waals surface area contributed by atoms with Crippen LogP contribution in [0.25, 0.3) is 0 Å². The molecule has 3 nitrogen and oxygen atoms in total. The molecule has 19 heavy (non-hydrogen) atoms. The standard InChI is InChI=1S/C15H23ClN2O/c1-9(2)15-17-13(16)8-14(18-15)19-12-6-10(3)5-11(4)7-12/h8-12H,5-7H2,1-4H3. The van der Waals surface area contributed by atoms with Gasteiger partial charge in [-0.05, 0) is 31.1 Å². The number of nitrogens with zero attached hydrogens (tertiary/aromatic N) is 2. The Morgan fingerprint density at radius 2 is 1.79 bits per heavy atom. The molecule has 0 spiro atoms. The molecule has 1 aliphatic rings. The van der Waals surface area contributed by atoms with Gasteiger partial charge in [-0.2, -0.15) is 4.98 Å². The zero-order chi connectivity index (χ0) is 14.0. The van der Waals surface area contributed by atoms with Gasteiger partial charge in [0, 0.05) is 12.0 Å². The van der Waals surface area contributed by atoms with Crippen molar-refractivity contribution >= 4 is 11.6 Å². The van der Waals surface area contributed by atoms with Gasteiger partial charge in [-0.15, -0.1) is 0 Å². The van der Waals surface area contributed by atoms with Gasteiger partial charge >= 0.3 is 0 Å². The van der Waals surface area contributed by atoms with Crippen LogP contribution in [0.4, 0.5) is 0 Å². The Bertz CT molecular complexity index is 426. The Morgan fingerprint density at radius 1 is 1.16 bits per heavy atom. The van der Waals surface area contributed by atoms with Crippen LogP contribution >= 0.6 is 11.6 Å². The lowest BCUT2D eigenvalue weighted by atomic mass is 9.82. The number of ether oxygens (including phenoxy) is 1. The molecular weight excluding hydrogens is 260 g/mol. The van der Waals surface area contributed by atoms with Crippen molar-refractivity contribution in [3.8, 4) is 5.88 Å². The fourth-order valence-electron chi connectivity index (χ4n) is 2.87. The molecular formula is C15H23ClN2O. The predicted molar refractivity (Wildman–Crippen MR) is 77.7 cm³/mol. The van der Waals surface area contributed by atoms with Gasteiger partial charge in [-0.1, -0.05) is 39.3 Å². The van der Waals surface area contributed by atoms with Crippen molar-refractivity contribution in [1.29, 1.82) is 0 Å². The van der Waals surface area contributed by atoms with E-state index in [9.17, 15) is 0 Å². The molecule has 0 aromatic carbocycles. The van der Waals surface area contributed by atoms with Crippen molar-refractivity contribution in [3.05, 3.63) is 17.0 Å². The molecule has 1 heterocycles. The molecule has 4 heteroatoms. The molecule has 2 unspecified atom stereocenters. The molecule has 0 saturated heterocycles. The monoisotopic (exact) mass is 282 g/mol. The van der Waals surface area contributed by atoms with E-state index in [-0.39, 0.29) is 12.0 Å². The lowest BCUT2D eigenvalue weighted by molar-refractivity contribution is 0.0962. The van der Waals surface area contributed by atoms with Gasteiger partial charge in [0.1, 0.15) is 17.1 Å². The van der Waals surface area contributed by atoms with Crippen LogP contribution in [-0.4, -0.2) is 16.1 Å². The van der Waals surface area contributed by atoms with Gasteiger partial charge in [0.15, 0.2) is 0 Å². The van der Waals surface area contributed by atoms with Crippen molar-refractivity contribution in [3.63, 3.8) is 0 Å². The Hall–Kier alpha value is -0.830. The Labute approximate surface area is 120 Å². The largest absolute Gasteiger partial charge is 0.474 e. The maximum atomic E-state index is 6.04. The van der Waals surface area contributed by atoms with Crippen LogP contribution in [0.15, 0.2) is 6.07 Å². The summed E-state index contributed by atoms with van der Waals surface area (Å²) in [5.41, 5.74) is 0. The van der Waals surface area contributed by atoms with Crippen LogP contribution in [0.3, 0.4) is 0 Å². The Kier molecular flexibility index (Phi) is 4.67. The molecule has 2 atom stereocenters. The molecule has 1 aromatic heterocycles. The average molecular weight is 283 g/mol. The van der Waals surface area contributed by atoms with Gasteiger partial charge < -0.3 is 4.74 Å². The molecule has 106 valence electrons. The number of hydrogen-bond donors (Lipinski definition) is 0. The number of rotatable bonds is 3. The maximum absolute atomic E-state index is 6.04. The summed E-state index contributed by atoms with van der Waals surface area (Å²) in [6.07, 6.45) is 3.75. The van der Waals surface area contributed by atoms with Gasteiger partial charge in [-0.3, -0.25) is 0 Å². The van der Waals surface area contributed by atoms with Gasteiger partial charge in [-0.25, -0.2) is 4.98 Å². The molecule has 0 N–H and O–H groups in total. The van der Waals surface area contributed by atoms with E-state index in [1.54, 1.807) is 6.07 Å². The van der Waals surface area contributed by atoms with E-state index in [1.807, 2.05) is 0 Å². The molecule has 1 aromatic rings. The highest BCUT2D eigenvalue weighted by molar-refractivity contribution is 6.29. The summed E-state index contributed by atoms with van der Waals surface area (Å²) >= 11 is 6.04. The highest BCUT2D eigenvalue weighted by Crippen LogP contribution is 2.31. The summed E-state index contributed by atoms with van der Waals surface area (Å²) < 4.78 is 6.03. The summed E-state index contributed by atoms with van der Waals surface area (Å²) in [5.74, 6) is 3.06. The first kappa shape index (κ1) is 14.6. The van der Waals surface area contributed by atoms with Crippen molar-refractivity contribution in [2.75, 3.05) is 0 Å².